The van der Waals surface area contributed by atoms with E-state index >= 15 is 0 Å². The van der Waals surface area contributed by atoms with Gasteiger partial charge in [0.15, 0.2) is 0 Å². The molecule has 4 nitrogen and oxygen atoms in total. The van der Waals surface area contributed by atoms with E-state index in [0.29, 0.717) is 11.5 Å². The van der Waals surface area contributed by atoms with Crippen LogP contribution in [-0.4, -0.2) is 37.5 Å². The molecule has 4 aliphatic carbocycles. The van der Waals surface area contributed by atoms with Crippen LogP contribution < -0.4 is 16.0 Å². The minimum Gasteiger partial charge on any atom is -0.380 e. The zero-order chi connectivity index (χ0) is 19.5. The first-order valence-electron chi connectivity index (χ1n) is 11.8. The molecule has 158 valence electrons. The molecule has 6 aliphatic rings. The fraction of sp³-hybridized carbons (Fsp3) is 0.750. The summed E-state index contributed by atoms with van der Waals surface area (Å²) in [5, 5.41) is 12.2. The molecule has 4 saturated carbocycles. The summed E-state index contributed by atoms with van der Waals surface area (Å²) in [7, 11) is 0. The molecule has 7 rings (SSSR count). The maximum atomic E-state index is 6.49. The molecular weight excluding hydrogens is 382 g/mol. The predicted octanol–water partition coefficient (Wildman–Crippen LogP) is 4.41. The number of hydrogen-bond donors (Lipinski definition) is 3. The van der Waals surface area contributed by atoms with Gasteiger partial charge in [0.25, 0.3) is 0 Å². The number of anilines is 1. The van der Waals surface area contributed by atoms with Crippen LogP contribution in [0.25, 0.3) is 0 Å². The summed E-state index contributed by atoms with van der Waals surface area (Å²) >= 11 is 6.31. The lowest BCUT2D eigenvalue weighted by Gasteiger charge is -2.59. The predicted molar refractivity (Wildman–Crippen MR) is 117 cm³/mol. The zero-order valence-electron chi connectivity index (χ0n) is 17.3. The van der Waals surface area contributed by atoms with Gasteiger partial charge in [0.1, 0.15) is 6.10 Å². The number of benzene rings is 1. The highest BCUT2D eigenvalue weighted by Gasteiger charge is 2.55. The van der Waals surface area contributed by atoms with E-state index in [1.54, 1.807) is 0 Å². The quantitative estimate of drug-likeness (QED) is 0.666. The third kappa shape index (κ3) is 3.40. The minimum absolute atomic E-state index is 0.0587. The van der Waals surface area contributed by atoms with Crippen molar-refractivity contribution in [3.05, 3.63) is 29.3 Å². The lowest BCUT2D eigenvalue weighted by atomic mass is 9.48. The summed E-state index contributed by atoms with van der Waals surface area (Å²) in [4.78, 5) is 0. The minimum atomic E-state index is -0.0587. The average molecular weight is 416 g/mol. The molecule has 2 saturated heterocycles. The smallest absolute Gasteiger partial charge is 0.109 e. The van der Waals surface area contributed by atoms with Gasteiger partial charge in [-0.3, -0.25) is 10.6 Å². The summed E-state index contributed by atoms with van der Waals surface area (Å²) in [5.41, 5.74) is 1.57. The fourth-order valence-corrected chi connectivity index (χ4v) is 8.17. The Morgan fingerprint density at radius 1 is 1.07 bits per heavy atom. The highest BCUT2D eigenvalue weighted by Crippen LogP contribution is 2.62. The Balaban J connectivity index is 1.30. The number of rotatable bonds is 5. The van der Waals surface area contributed by atoms with E-state index < -0.39 is 0 Å². The van der Waals surface area contributed by atoms with Crippen LogP contribution in [0, 0.1) is 23.2 Å². The van der Waals surface area contributed by atoms with Crippen LogP contribution in [0.1, 0.15) is 51.4 Å². The van der Waals surface area contributed by atoms with Gasteiger partial charge in [0, 0.05) is 23.8 Å². The maximum absolute atomic E-state index is 6.49. The Labute approximate surface area is 179 Å². The molecule has 1 spiro atoms. The molecule has 4 bridgehead atoms. The summed E-state index contributed by atoms with van der Waals surface area (Å²) in [6, 6.07) is 8.50. The molecule has 1 aromatic rings. The first kappa shape index (κ1) is 18.9. The fourth-order valence-electron chi connectivity index (χ4n) is 7.98. The largest absolute Gasteiger partial charge is 0.380 e. The number of morpholine rings is 1. The van der Waals surface area contributed by atoms with Crippen LogP contribution in [0.15, 0.2) is 24.3 Å². The third-order valence-corrected chi connectivity index (χ3v) is 8.88. The summed E-state index contributed by atoms with van der Waals surface area (Å²) < 4.78 is 6.49. The van der Waals surface area contributed by atoms with E-state index in [9.17, 15) is 0 Å². The van der Waals surface area contributed by atoms with Crippen molar-refractivity contribution in [3.63, 3.8) is 0 Å². The van der Waals surface area contributed by atoms with Crippen molar-refractivity contribution in [1.29, 1.82) is 0 Å². The van der Waals surface area contributed by atoms with Crippen LogP contribution in [-0.2, 0) is 4.74 Å². The van der Waals surface area contributed by atoms with Gasteiger partial charge in [-0.2, -0.15) is 0 Å². The molecule has 3 N–H and O–H groups in total. The normalized spacial score (nSPS) is 43.9. The molecule has 2 heterocycles. The molecule has 5 heteroatoms. The van der Waals surface area contributed by atoms with Crippen molar-refractivity contribution in [2.45, 2.75) is 69.2 Å². The van der Waals surface area contributed by atoms with Gasteiger partial charge < -0.3 is 10.1 Å². The molecule has 3 unspecified atom stereocenters. The lowest BCUT2D eigenvalue weighted by Crippen LogP contribution is -2.78. The monoisotopic (exact) mass is 415 g/mol. The van der Waals surface area contributed by atoms with Crippen LogP contribution in [0.3, 0.4) is 0 Å². The second-order valence-corrected chi connectivity index (χ2v) is 11.2. The van der Waals surface area contributed by atoms with Gasteiger partial charge in [0.2, 0.25) is 0 Å². The van der Waals surface area contributed by atoms with E-state index in [0.717, 1.165) is 54.6 Å². The van der Waals surface area contributed by atoms with E-state index in [4.69, 9.17) is 16.3 Å². The van der Waals surface area contributed by atoms with Gasteiger partial charge in [-0.1, -0.05) is 17.7 Å². The molecule has 0 aromatic heterocycles. The van der Waals surface area contributed by atoms with Crippen molar-refractivity contribution in [2.24, 2.45) is 23.2 Å². The Morgan fingerprint density at radius 2 is 1.79 bits per heavy atom. The average Bonchev–Trinajstić information content (AvgIpc) is 2.65. The van der Waals surface area contributed by atoms with Gasteiger partial charge in [-0.25, -0.2) is 0 Å². The summed E-state index contributed by atoms with van der Waals surface area (Å²) in [6.07, 6.45) is 11.3. The molecule has 0 amide bonds. The second-order valence-electron chi connectivity index (χ2n) is 10.7. The molecule has 0 radical (unpaired) electrons. The van der Waals surface area contributed by atoms with Gasteiger partial charge >= 0.3 is 0 Å². The first-order chi connectivity index (χ1) is 14.1. The van der Waals surface area contributed by atoms with E-state index in [1.165, 1.54) is 44.9 Å². The SMILES string of the molecule is Clc1cccc(NC(CC23CC4CC(CC(C4)C2)C3)C2OCCNC23CCN3)c1. The molecule has 2 aliphatic heterocycles. The third-order valence-electron chi connectivity index (χ3n) is 8.65. The van der Waals surface area contributed by atoms with Crippen molar-refractivity contribution in [2.75, 3.05) is 25.0 Å². The zero-order valence-corrected chi connectivity index (χ0v) is 18.0. The Hall–Kier alpha value is -0.810. The van der Waals surface area contributed by atoms with Crippen molar-refractivity contribution >= 4 is 17.3 Å². The van der Waals surface area contributed by atoms with Crippen LogP contribution in [0.4, 0.5) is 5.69 Å². The molecule has 29 heavy (non-hydrogen) atoms. The van der Waals surface area contributed by atoms with Crippen LogP contribution >= 0.6 is 11.6 Å². The second kappa shape index (κ2) is 7.12. The van der Waals surface area contributed by atoms with Crippen molar-refractivity contribution in [3.8, 4) is 0 Å². The molecule has 6 fully saturated rings. The first-order valence-corrected chi connectivity index (χ1v) is 12.1. The Morgan fingerprint density at radius 3 is 2.41 bits per heavy atom. The van der Waals surface area contributed by atoms with Gasteiger partial charge in [0.05, 0.1) is 18.3 Å². The highest BCUT2D eigenvalue weighted by molar-refractivity contribution is 6.30. The van der Waals surface area contributed by atoms with Crippen molar-refractivity contribution in [1.82, 2.24) is 10.6 Å². The Bertz CT molecular complexity index is 729. The molecule has 3 atom stereocenters. The van der Waals surface area contributed by atoms with E-state index in [2.05, 4.69) is 28.1 Å². The van der Waals surface area contributed by atoms with E-state index in [-0.39, 0.29) is 11.8 Å². The van der Waals surface area contributed by atoms with Crippen LogP contribution in [0.2, 0.25) is 5.02 Å². The van der Waals surface area contributed by atoms with Gasteiger partial charge in [-0.05, 0) is 92.7 Å². The highest BCUT2D eigenvalue weighted by atomic mass is 35.5. The lowest BCUT2D eigenvalue weighted by molar-refractivity contribution is -0.118. The summed E-state index contributed by atoms with van der Waals surface area (Å²) in [6.45, 7) is 2.81. The standard InChI is InChI=1S/C24H34ClN3O/c25-19-2-1-3-20(11-19)28-21(22-24(4-5-26-24)27-6-7-29-22)15-23-12-16-8-17(13-23)10-18(9-16)14-23/h1-3,11,16-18,21-22,26-28H,4-10,12-15H2. The number of hydrogen-bond acceptors (Lipinski definition) is 4. The number of nitrogens with one attached hydrogen (secondary N) is 3. The van der Waals surface area contributed by atoms with Crippen LogP contribution in [0.5, 0.6) is 0 Å². The maximum Gasteiger partial charge on any atom is 0.109 e. The number of ether oxygens (including phenoxy) is 1. The van der Waals surface area contributed by atoms with E-state index in [1.807, 2.05) is 12.1 Å². The van der Waals surface area contributed by atoms with Crippen molar-refractivity contribution < 1.29 is 4.74 Å². The topological polar surface area (TPSA) is 45.3 Å². The number of halogens is 1. The Kier molecular flexibility index (Phi) is 4.64. The summed E-state index contributed by atoms with van der Waals surface area (Å²) in [5.74, 6) is 2.94. The van der Waals surface area contributed by atoms with Gasteiger partial charge in [-0.15, -0.1) is 0 Å². The molecule has 1 aromatic carbocycles. The molecular formula is C24H34ClN3O.